The largest absolute Gasteiger partial charge is 0.465 e. The number of nitrogens with one attached hydrogen (secondary N) is 1. The van der Waals surface area contributed by atoms with Crippen molar-refractivity contribution < 1.29 is 9.53 Å². The third-order valence-corrected chi connectivity index (χ3v) is 2.90. The number of methoxy groups -OCH3 is 1. The minimum atomic E-state index is -0.326. The summed E-state index contributed by atoms with van der Waals surface area (Å²) in [5.74, 6) is 0.284. The van der Waals surface area contributed by atoms with Crippen LogP contribution in [-0.2, 0) is 11.3 Å². The van der Waals surface area contributed by atoms with Gasteiger partial charge in [0.05, 0.1) is 18.9 Å². The highest BCUT2D eigenvalue weighted by molar-refractivity contribution is 5.88. The molecule has 1 atom stereocenters. The van der Waals surface area contributed by atoms with E-state index in [0.29, 0.717) is 11.5 Å². The van der Waals surface area contributed by atoms with Crippen molar-refractivity contribution in [2.45, 2.75) is 19.4 Å². The van der Waals surface area contributed by atoms with Gasteiger partial charge in [-0.3, -0.25) is 4.68 Å². The fraction of sp³-hybridized carbons (Fsp3) is 0.636. The van der Waals surface area contributed by atoms with Crippen LogP contribution in [0.4, 0.5) is 0 Å². The fourth-order valence-corrected chi connectivity index (χ4v) is 2.03. The minimum Gasteiger partial charge on any atom is -0.465 e. The normalized spacial score (nSPS) is 20.7. The highest BCUT2D eigenvalue weighted by Crippen LogP contribution is 2.12. The van der Waals surface area contributed by atoms with E-state index >= 15 is 0 Å². The summed E-state index contributed by atoms with van der Waals surface area (Å²) in [6.07, 6.45) is 5.75. The van der Waals surface area contributed by atoms with E-state index in [2.05, 4.69) is 15.2 Å². The van der Waals surface area contributed by atoms with Crippen molar-refractivity contribution in [1.82, 2.24) is 15.1 Å². The van der Waals surface area contributed by atoms with Crippen molar-refractivity contribution in [2.24, 2.45) is 5.92 Å². The first-order valence-electron chi connectivity index (χ1n) is 5.61. The maximum atomic E-state index is 11.2. The average Bonchev–Trinajstić information content (AvgIpc) is 2.78. The zero-order valence-corrected chi connectivity index (χ0v) is 9.48. The number of ether oxygens (including phenoxy) is 1. The van der Waals surface area contributed by atoms with E-state index in [1.807, 2.05) is 4.68 Å². The Labute approximate surface area is 94.8 Å². The van der Waals surface area contributed by atoms with Crippen LogP contribution in [0.3, 0.4) is 0 Å². The summed E-state index contributed by atoms with van der Waals surface area (Å²) in [5, 5.41) is 7.53. The molecule has 0 bridgehead atoms. The highest BCUT2D eigenvalue weighted by Gasteiger charge is 2.15. The number of hydrogen-bond acceptors (Lipinski definition) is 4. The van der Waals surface area contributed by atoms with Gasteiger partial charge in [-0.1, -0.05) is 0 Å². The number of rotatable bonds is 3. The standard InChI is InChI=1S/C11H17N3O2/c1-16-11(15)10-6-13-14(8-10)7-9-3-2-4-12-5-9/h6,8-9,12H,2-5,7H2,1H3/t9-/m0/s1. The maximum Gasteiger partial charge on any atom is 0.341 e. The van der Waals surface area contributed by atoms with Gasteiger partial charge >= 0.3 is 5.97 Å². The zero-order chi connectivity index (χ0) is 11.4. The molecule has 1 aliphatic heterocycles. The SMILES string of the molecule is COC(=O)c1cnn(C[C@H]2CCCNC2)c1. The Morgan fingerprint density at radius 2 is 2.62 bits per heavy atom. The van der Waals surface area contributed by atoms with Crippen LogP contribution in [0, 0.1) is 5.92 Å². The van der Waals surface area contributed by atoms with Crippen molar-refractivity contribution in [2.75, 3.05) is 20.2 Å². The second-order valence-corrected chi connectivity index (χ2v) is 4.16. The van der Waals surface area contributed by atoms with Gasteiger partial charge in [0.2, 0.25) is 0 Å². The van der Waals surface area contributed by atoms with E-state index in [1.54, 1.807) is 12.4 Å². The monoisotopic (exact) mass is 223 g/mol. The summed E-state index contributed by atoms with van der Waals surface area (Å²) in [5.41, 5.74) is 0.520. The Kier molecular flexibility index (Phi) is 3.56. The van der Waals surface area contributed by atoms with Crippen molar-refractivity contribution in [3.8, 4) is 0 Å². The fourth-order valence-electron chi connectivity index (χ4n) is 2.03. The van der Waals surface area contributed by atoms with Gasteiger partial charge in [-0.2, -0.15) is 5.10 Å². The van der Waals surface area contributed by atoms with Crippen LogP contribution in [0.1, 0.15) is 23.2 Å². The molecule has 0 aromatic carbocycles. The van der Waals surface area contributed by atoms with E-state index < -0.39 is 0 Å². The molecule has 1 aliphatic rings. The van der Waals surface area contributed by atoms with Gasteiger partial charge in [-0.05, 0) is 31.8 Å². The Balaban J connectivity index is 1.94. The molecule has 0 saturated carbocycles. The lowest BCUT2D eigenvalue weighted by molar-refractivity contribution is 0.0600. The molecule has 0 aliphatic carbocycles. The molecule has 1 aromatic rings. The van der Waals surface area contributed by atoms with Crippen LogP contribution in [-0.4, -0.2) is 35.9 Å². The average molecular weight is 223 g/mol. The van der Waals surface area contributed by atoms with Crippen LogP contribution in [0.5, 0.6) is 0 Å². The molecular formula is C11H17N3O2. The predicted octanol–water partition coefficient (Wildman–Crippen LogP) is 0.669. The molecule has 16 heavy (non-hydrogen) atoms. The Bertz CT molecular complexity index is 356. The topological polar surface area (TPSA) is 56.1 Å². The summed E-state index contributed by atoms with van der Waals surface area (Å²) in [6, 6.07) is 0. The third kappa shape index (κ3) is 2.61. The second-order valence-electron chi connectivity index (χ2n) is 4.16. The van der Waals surface area contributed by atoms with Crippen LogP contribution < -0.4 is 5.32 Å². The molecule has 1 N–H and O–H groups in total. The molecule has 1 aromatic heterocycles. The summed E-state index contributed by atoms with van der Waals surface area (Å²) >= 11 is 0. The summed E-state index contributed by atoms with van der Waals surface area (Å²) in [6.45, 7) is 3.01. The number of carbonyl (C=O) groups is 1. The molecular weight excluding hydrogens is 206 g/mol. The molecule has 2 rings (SSSR count). The number of aromatic nitrogens is 2. The van der Waals surface area contributed by atoms with E-state index in [4.69, 9.17) is 0 Å². The van der Waals surface area contributed by atoms with Gasteiger partial charge in [0.1, 0.15) is 0 Å². The highest BCUT2D eigenvalue weighted by atomic mass is 16.5. The third-order valence-electron chi connectivity index (χ3n) is 2.90. The van der Waals surface area contributed by atoms with Gasteiger partial charge in [0.25, 0.3) is 0 Å². The maximum absolute atomic E-state index is 11.2. The first-order chi connectivity index (χ1) is 7.79. The number of hydrogen-bond donors (Lipinski definition) is 1. The smallest absolute Gasteiger partial charge is 0.341 e. The van der Waals surface area contributed by atoms with Gasteiger partial charge in [0.15, 0.2) is 0 Å². The molecule has 5 nitrogen and oxygen atoms in total. The van der Waals surface area contributed by atoms with Crippen LogP contribution in [0.15, 0.2) is 12.4 Å². The summed E-state index contributed by atoms with van der Waals surface area (Å²) < 4.78 is 6.46. The minimum absolute atomic E-state index is 0.326. The molecule has 1 saturated heterocycles. The Morgan fingerprint density at radius 3 is 3.31 bits per heavy atom. The van der Waals surface area contributed by atoms with Crippen LogP contribution >= 0.6 is 0 Å². The first-order valence-corrected chi connectivity index (χ1v) is 5.61. The van der Waals surface area contributed by atoms with Crippen molar-refractivity contribution in [3.63, 3.8) is 0 Å². The number of carbonyl (C=O) groups excluding carboxylic acids is 1. The van der Waals surface area contributed by atoms with Crippen LogP contribution in [0.2, 0.25) is 0 Å². The predicted molar refractivity (Wildman–Crippen MR) is 59.2 cm³/mol. The lowest BCUT2D eigenvalue weighted by atomic mass is 10.00. The van der Waals surface area contributed by atoms with Gasteiger partial charge in [-0.25, -0.2) is 4.79 Å². The van der Waals surface area contributed by atoms with Gasteiger partial charge < -0.3 is 10.1 Å². The van der Waals surface area contributed by atoms with Crippen molar-refractivity contribution in [3.05, 3.63) is 18.0 Å². The van der Waals surface area contributed by atoms with Crippen LogP contribution in [0.25, 0.3) is 0 Å². The quantitative estimate of drug-likeness (QED) is 0.765. The Morgan fingerprint density at radius 1 is 1.75 bits per heavy atom. The van der Waals surface area contributed by atoms with E-state index in [9.17, 15) is 4.79 Å². The number of nitrogens with zero attached hydrogens (tertiary/aromatic N) is 2. The van der Waals surface area contributed by atoms with E-state index in [1.165, 1.54) is 20.0 Å². The molecule has 0 radical (unpaired) electrons. The molecule has 2 heterocycles. The molecule has 0 spiro atoms. The van der Waals surface area contributed by atoms with E-state index in [0.717, 1.165) is 19.6 Å². The Hall–Kier alpha value is -1.36. The molecule has 5 heteroatoms. The lowest BCUT2D eigenvalue weighted by Crippen LogP contribution is -2.32. The molecule has 1 fully saturated rings. The van der Waals surface area contributed by atoms with Gasteiger partial charge in [-0.15, -0.1) is 0 Å². The molecule has 0 unspecified atom stereocenters. The van der Waals surface area contributed by atoms with Gasteiger partial charge in [0, 0.05) is 12.7 Å². The number of esters is 1. The molecule has 88 valence electrons. The summed E-state index contributed by atoms with van der Waals surface area (Å²) in [7, 11) is 1.38. The second kappa shape index (κ2) is 5.12. The van der Waals surface area contributed by atoms with E-state index in [-0.39, 0.29) is 5.97 Å². The van der Waals surface area contributed by atoms with Crippen molar-refractivity contribution in [1.29, 1.82) is 0 Å². The molecule has 0 amide bonds. The lowest BCUT2D eigenvalue weighted by Gasteiger charge is -2.22. The van der Waals surface area contributed by atoms with Crippen molar-refractivity contribution >= 4 is 5.97 Å². The zero-order valence-electron chi connectivity index (χ0n) is 9.48. The number of piperidine rings is 1. The summed E-state index contributed by atoms with van der Waals surface area (Å²) in [4.78, 5) is 11.2. The first kappa shape index (κ1) is 11.1.